The van der Waals surface area contributed by atoms with Crippen LogP contribution in [0.25, 0.3) is 5.69 Å². The number of pyridine rings is 1. The summed E-state index contributed by atoms with van der Waals surface area (Å²) in [6, 6.07) is 1.84. The minimum Gasteiger partial charge on any atom is -0.304 e. The summed E-state index contributed by atoms with van der Waals surface area (Å²) in [6.07, 6.45) is 5.44. The summed E-state index contributed by atoms with van der Waals surface area (Å²) in [7, 11) is 0. The number of aromatic nitrogens is 3. The van der Waals surface area contributed by atoms with Crippen molar-refractivity contribution in [3.05, 3.63) is 41.2 Å². The molecule has 2 rings (SSSR count). The number of rotatable bonds is 1. The molecule has 0 saturated carbocycles. The number of halogens is 1. The Labute approximate surface area is 87.4 Å². The van der Waals surface area contributed by atoms with E-state index in [-0.39, 0.29) is 0 Å². The number of nitrogens with zero attached hydrogens (tertiary/aromatic N) is 3. The first-order chi connectivity index (χ1) is 6.68. The molecule has 0 saturated heterocycles. The molecule has 0 aliphatic carbocycles. The van der Waals surface area contributed by atoms with Gasteiger partial charge in [0, 0.05) is 18.6 Å². The Morgan fingerprint density at radius 3 is 2.71 bits per heavy atom. The molecule has 0 aromatic carbocycles. The lowest BCUT2D eigenvalue weighted by Crippen LogP contribution is -1.98. The Hall–Kier alpha value is -1.35. The molecule has 0 spiro atoms. The van der Waals surface area contributed by atoms with Gasteiger partial charge in [0.25, 0.3) is 0 Å². The van der Waals surface area contributed by atoms with Gasteiger partial charge in [0.2, 0.25) is 0 Å². The van der Waals surface area contributed by atoms with Crippen molar-refractivity contribution in [3.63, 3.8) is 0 Å². The van der Waals surface area contributed by atoms with Crippen LogP contribution in [0.3, 0.4) is 0 Å². The Morgan fingerprint density at radius 2 is 2.07 bits per heavy atom. The van der Waals surface area contributed by atoms with E-state index in [0.717, 1.165) is 17.1 Å². The summed E-state index contributed by atoms with van der Waals surface area (Å²) in [4.78, 5) is 8.17. The number of hydrogen-bond donors (Lipinski definition) is 0. The zero-order valence-corrected chi connectivity index (χ0v) is 8.78. The minimum atomic E-state index is 0.499. The third-order valence-corrected chi connectivity index (χ3v) is 2.33. The SMILES string of the molecule is Cc1cnc(Cl)cc1-n1ccnc1C. The Morgan fingerprint density at radius 1 is 1.29 bits per heavy atom. The molecule has 0 bridgehead atoms. The third-order valence-electron chi connectivity index (χ3n) is 2.13. The fourth-order valence-electron chi connectivity index (χ4n) is 1.38. The highest BCUT2D eigenvalue weighted by molar-refractivity contribution is 6.29. The van der Waals surface area contributed by atoms with E-state index in [1.54, 1.807) is 12.4 Å². The van der Waals surface area contributed by atoms with Crippen LogP contribution >= 0.6 is 11.6 Å². The van der Waals surface area contributed by atoms with Gasteiger partial charge in [-0.25, -0.2) is 9.97 Å². The van der Waals surface area contributed by atoms with Crippen molar-refractivity contribution in [3.8, 4) is 5.69 Å². The lowest BCUT2D eigenvalue weighted by molar-refractivity contribution is 0.958. The summed E-state index contributed by atoms with van der Waals surface area (Å²) < 4.78 is 1.99. The lowest BCUT2D eigenvalue weighted by atomic mass is 10.2. The predicted octanol–water partition coefficient (Wildman–Crippen LogP) is 2.54. The first kappa shape index (κ1) is 9.21. The average Bonchev–Trinajstić information content (AvgIpc) is 2.56. The fourth-order valence-corrected chi connectivity index (χ4v) is 1.53. The van der Waals surface area contributed by atoms with Crippen molar-refractivity contribution in [1.29, 1.82) is 0 Å². The molecule has 2 aromatic heterocycles. The molecule has 3 nitrogen and oxygen atoms in total. The molecule has 0 amide bonds. The number of aryl methyl sites for hydroxylation is 2. The van der Waals surface area contributed by atoms with Crippen molar-refractivity contribution < 1.29 is 0 Å². The molecule has 0 fully saturated rings. The van der Waals surface area contributed by atoms with Crippen LogP contribution in [0, 0.1) is 13.8 Å². The van der Waals surface area contributed by atoms with Crippen LogP contribution in [0.2, 0.25) is 5.15 Å². The average molecular weight is 208 g/mol. The van der Waals surface area contributed by atoms with Gasteiger partial charge in [-0.1, -0.05) is 11.6 Å². The van der Waals surface area contributed by atoms with Gasteiger partial charge in [0.1, 0.15) is 11.0 Å². The van der Waals surface area contributed by atoms with E-state index in [0.29, 0.717) is 5.15 Å². The smallest absolute Gasteiger partial charge is 0.131 e. The van der Waals surface area contributed by atoms with Crippen molar-refractivity contribution >= 4 is 11.6 Å². The predicted molar refractivity (Wildman–Crippen MR) is 55.8 cm³/mol. The van der Waals surface area contributed by atoms with E-state index in [2.05, 4.69) is 9.97 Å². The third kappa shape index (κ3) is 1.51. The highest BCUT2D eigenvalue weighted by atomic mass is 35.5. The quantitative estimate of drug-likeness (QED) is 0.673. The topological polar surface area (TPSA) is 30.7 Å². The van der Waals surface area contributed by atoms with E-state index >= 15 is 0 Å². The van der Waals surface area contributed by atoms with Crippen LogP contribution < -0.4 is 0 Å². The van der Waals surface area contributed by atoms with Gasteiger partial charge in [-0.05, 0) is 25.5 Å². The molecule has 2 aromatic rings. The van der Waals surface area contributed by atoms with E-state index in [1.807, 2.05) is 30.7 Å². The largest absolute Gasteiger partial charge is 0.304 e. The van der Waals surface area contributed by atoms with Crippen LogP contribution in [0.5, 0.6) is 0 Å². The summed E-state index contributed by atoms with van der Waals surface area (Å²) >= 11 is 5.84. The fraction of sp³-hybridized carbons (Fsp3) is 0.200. The molecule has 0 aliphatic heterocycles. The van der Waals surface area contributed by atoms with Gasteiger partial charge in [-0.2, -0.15) is 0 Å². The summed E-state index contributed by atoms with van der Waals surface area (Å²) in [5.74, 6) is 0.940. The normalized spacial score (nSPS) is 10.5. The Bertz CT molecular complexity index is 462. The van der Waals surface area contributed by atoms with Crippen LogP contribution in [-0.2, 0) is 0 Å². The second-order valence-corrected chi connectivity index (χ2v) is 3.53. The van der Waals surface area contributed by atoms with Gasteiger partial charge in [-0.15, -0.1) is 0 Å². The molecule has 72 valence electrons. The second-order valence-electron chi connectivity index (χ2n) is 3.14. The van der Waals surface area contributed by atoms with Gasteiger partial charge in [-0.3, -0.25) is 0 Å². The first-order valence-corrected chi connectivity index (χ1v) is 4.69. The van der Waals surface area contributed by atoms with Crippen molar-refractivity contribution in [2.24, 2.45) is 0 Å². The Kier molecular flexibility index (Phi) is 2.25. The molecule has 0 unspecified atom stereocenters. The van der Waals surface area contributed by atoms with Crippen LogP contribution in [0.4, 0.5) is 0 Å². The van der Waals surface area contributed by atoms with Crippen molar-refractivity contribution in [1.82, 2.24) is 14.5 Å². The summed E-state index contributed by atoms with van der Waals surface area (Å²) in [5.41, 5.74) is 2.11. The highest BCUT2D eigenvalue weighted by Crippen LogP contribution is 2.17. The molecule has 0 radical (unpaired) electrons. The Balaban J connectivity index is 2.62. The molecular weight excluding hydrogens is 198 g/mol. The number of hydrogen-bond acceptors (Lipinski definition) is 2. The molecule has 0 atom stereocenters. The number of imidazole rings is 1. The monoisotopic (exact) mass is 207 g/mol. The van der Waals surface area contributed by atoms with Crippen LogP contribution in [0.1, 0.15) is 11.4 Å². The maximum Gasteiger partial charge on any atom is 0.131 e. The maximum atomic E-state index is 5.84. The molecular formula is C10H10ClN3. The van der Waals surface area contributed by atoms with Crippen molar-refractivity contribution in [2.75, 3.05) is 0 Å². The minimum absolute atomic E-state index is 0.499. The van der Waals surface area contributed by atoms with Crippen LogP contribution in [0.15, 0.2) is 24.7 Å². The van der Waals surface area contributed by atoms with Gasteiger partial charge >= 0.3 is 0 Å². The highest BCUT2D eigenvalue weighted by Gasteiger charge is 2.04. The zero-order valence-electron chi connectivity index (χ0n) is 8.03. The second kappa shape index (κ2) is 3.42. The molecule has 0 aliphatic rings. The summed E-state index contributed by atoms with van der Waals surface area (Å²) in [5, 5.41) is 0.499. The zero-order chi connectivity index (χ0) is 10.1. The molecule has 4 heteroatoms. The first-order valence-electron chi connectivity index (χ1n) is 4.31. The van der Waals surface area contributed by atoms with E-state index < -0.39 is 0 Å². The van der Waals surface area contributed by atoms with Crippen LogP contribution in [-0.4, -0.2) is 14.5 Å². The van der Waals surface area contributed by atoms with Gasteiger partial charge < -0.3 is 4.57 Å². The van der Waals surface area contributed by atoms with E-state index in [1.165, 1.54) is 0 Å². The van der Waals surface area contributed by atoms with Gasteiger partial charge in [0.15, 0.2) is 0 Å². The molecule has 14 heavy (non-hydrogen) atoms. The van der Waals surface area contributed by atoms with Crippen molar-refractivity contribution in [2.45, 2.75) is 13.8 Å². The summed E-state index contributed by atoms with van der Waals surface area (Å²) in [6.45, 7) is 3.95. The maximum absolute atomic E-state index is 5.84. The lowest BCUT2D eigenvalue weighted by Gasteiger charge is -2.08. The molecule has 2 heterocycles. The molecule has 0 N–H and O–H groups in total. The van der Waals surface area contributed by atoms with Gasteiger partial charge in [0.05, 0.1) is 5.69 Å². The standard InChI is InChI=1S/C10H10ClN3/c1-7-6-13-10(11)5-9(7)14-4-3-12-8(14)2/h3-6H,1-2H3. The van der Waals surface area contributed by atoms with E-state index in [4.69, 9.17) is 11.6 Å². The van der Waals surface area contributed by atoms with E-state index in [9.17, 15) is 0 Å².